The molecule has 0 aliphatic carbocycles. The smallest absolute Gasteiger partial charge is 0.408 e. The Bertz CT molecular complexity index is 555. The summed E-state index contributed by atoms with van der Waals surface area (Å²) in [5.74, 6) is -0.561. The summed E-state index contributed by atoms with van der Waals surface area (Å²) in [4.78, 5) is 27.9. The van der Waals surface area contributed by atoms with Crippen LogP contribution in [0.3, 0.4) is 0 Å². The molecule has 1 heterocycles. The minimum Gasteiger partial charge on any atom is -0.465 e. The molecule has 1 aromatic heterocycles. The van der Waals surface area contributed by atoms with Crippen LogP contribution >= 0.6 is 11.6 Å². The number of ether oxygens (including phenoxy) is 2. The highest BCUT2D eigenvalue weighted by molar-refractivity contribution is 6.30. The minimum atomic E-state index is -0.610. The Kier molecular flexibility index (Phi) is 6.17. The molecule has 0 aliphatic rings. The summed E-state index contributed by atoms with van der Waals surface area (Å²) in [5.41, 5.74) is 0.00330. The number of hydrogen-bond donors (Lipinski definition) is 1. The van der Waals surface area contributed by atoms with E-state index in [-0.39, 0.29) is 5.56 Å². The van der Waals surface area contributed by atoms with Crippen molar-refractivity contribution in [3.8, 4) is 0 Å². The van der Waals surface area contributed by atoms with Gasteiger partial charge in [-0.2, -0.15) is 0 Å². The lowest BCUT2D eigenvalue weighted by Crippen LogP contribution is -2.35. The van der Waals surface area contributed by atoms with Gasteiger partial charge in [0.1, 0.15) is 5.60 Å². The normalized spacial score (nSPS) is 12.5. The number of nitrogens with one attached hydrogen (secondary N) is 1. The van der Waals surface area contributed by atoms with Crippen molar-refractivity contribution in [1.29, 1.82) is 0 Å². The zero-order chi connectivity index (χ0) is 16.9. The summed E-state index contributed by atoms with van der Waals surface area (Å²) in [6, 6.07) is 0.982. The highest BCUT2D eigenvalue weighted by atomic mass is 35.5. The number of carbonyl (C=O) groups excluding carboxylic acids is 2. The summed E-state index contributed by atoms with van der Waals surface area (Å²) < 4.78 is 9.95. The lowest BCUT2D eigenvalue weighted by Gasteiger charge is -2.23. The van der Waals surface area contributed by atoms with Crippen LogP contribution in [0.2, 0.25) is 5.02 Å². The SMILES string of the molecule is CC[C@H](NC(=O)OC(C)(C)C)c1ncc(Cl)cc1C(=O)OC. The van der Waals surface area contributed by atoms with E-state index in [1.54, 1.807) is 20.8 Å². The van der Waals surface area contributed by atoms with E-state index in [1.165, 1.54) is 19.4 Å². The number of pyridine rings is 1. The van der Waals surface area contributed by atoms with Crippen molar-refractivity contribution in [2.45, 2.75) is 45.8 Å². The highest BCUT2D eigenvalue weighted by Crippen LogP contribution is 2.23. The fourth-order valence-corrected chi connectivity index (χ4v) is 1.97. The van der Waals surface area contributed by atoms with Crippen LogP contribution in [0.1, 0.15) is 56.2 Å². The van der Waals surface area contributed by atoms with Crippen molar-refractivity contribution in [3.05, 3.63) is 28.5 Å². The number of alkyl carbamates (subject to hydrolysis) is 1. The first-order valence-electron chi connectivity index (χ1n) is 6.91. The van der Waals surface area contributed by atoms with Gasteiger partial charge in [-0.3, -0.25) is 4.98 Å². The Morgan fingerprint density at radius 3 is 2.55 bits per heavy atom. The number of carbonyl (C=O) groups is 2. The molecular formula is C15H21ClN2O4. The number of amides is 1. The van der Waals surface area contributed by atoms with E-state index in [2.05, 4.69) is 10.3 Å². The summed E-state index contributed by atoms with van der Waals surface area (Å²) in [5, 5.41) is 3.02. The molecule has 0 saturated carbocycles. The molecule has 22 heavy (non-hydrogen) atoms. The molecule has 7 heteroatoms. The standard InChI is InChI=1S/C15H21ClN2O4/c1-6-11(18-14(20)22-15(2,3)4)12-10(13(19)21-5)7-9(16)8-17-12/h7-8,11H,6H2,1-5H3,(H,18,20)/t11-/m0/s1. The van der Waals surface area contributed by atoms with Crippen molar-refractivity contribution >= 4 is 23.7 Å². The molecule has 1 N–H and O–H groups in total. The molecule has 1 rings (SSSR count). The Labute approximate surface area is 135 Å². The van der Waals surface area contributed by atoms with E-state index in [1.807, 2.05) is 6.92 Å². The van der Waals surface area contributed by atoms with Crippen LogP contribution in [0.4, 0.5) is 4.79 Å². The third-order valence-corrected chi connectivity index (χ3v) is 2.93. The summed E-state index contributed by atoms with van der Waals surface area (Å²) in [6.07, 6.45) is 1.37. The lowest BCUT2D eigenvalue weighted by molar-refractivity contribution is 0.0494. The van der Waals surface area contributed by atoms with E-state index in [0.29, 0.717) is 17.1 Å². The van der Waals surface area contributed by atoms with E-state index in [4.69, 9.17) is 21.1 Å². The van der Waals surface area contributed by atoms with Gasteiger partial charge in [-0.15, -0.1) is 0 Å². The molecular weight excluding hydrogens is 308 g/mol. The molecule has 0 saturated heterocycles. The highest BCUT2D eigenvalue weighted by Gasteiger charge is 2.24. The first-order valence-corrected chi connectivity index (χ1v) is 7.29. The molecule has 0 spiro atoms. The number of aromatic nitrogens is 1. The fraction of sp³-hybridized carbons (Fsp3) is 0.533. The fourth-order valence-electron chi connectivity index (χ4n) is 1.81. The number of hydrogen-bond acceptors (Lipinski definition) is 5. The van der Waals surface area contributed by atoms with Crippen molar-refractivity contribution in [2.75, 3.05) is 7.11 Å². The number of halogens is 1. The summed E-state index contributed by atoms with van der Waals surface area (Å²) in [7, 11) is 1.27. The van der Waals surface area contributed by atoms with Gasteiger partial charge >= 0.3 is 12.1 Å². The van der Waals surface area contributed by atoms with Gasteiger partial charge in [0.15, 0.2) is 0 Å². The Balaban J connectivity index is 3.05. The molecule has 0 bridgehead atoms. The molecule has 1 amide bonds. The molecule has 1 aromatic rings. The third-order valence-electron chi connectivity index (χ3n) is 2.72. The van der Waals surface area contributed by atoms with Crippen LogP contribution in [0, 0.1) is 0 Å². The van der Waals surface area contributed by atoms with Crippen LogP contribution in [0.15, 0.2) is 12.3 Å². The first-order chi connectivity index (χ1) is 10.2. The van der Waals surface area contributed by atoms with Crippen LogP contribution in [-0.4, -0.2) is 29.8 Å². The minimum absolute atomic E-state index is 0.220. The van der Waals surface area contributed by atoms with Gasteiger partial charge in [-0.05, 0) is 33.3 Å². The topological polar surface area (TPSA) is 77.5 Å². The van der Waals surface area contributed by atoms with Crippen molar-refractivity contribution in [2.24, 2.45) is 0 Å². The van der Waals surface area contributed by atoms with Gasteiger partial charge in [0.25, 0.3) is 0 Å². The molecule has 0 fully saturated rings. The molecule has 122 valence electrons. The molecule has 0 aliphatic heterocycles. The number of nitrogens with zero attached hydrogens (tertiary/aromatic N) is 1. The van der Waals surface area contributed by atoms with Crippen molar-refractivity contribution < 1.29 is 19.1 Å². The van der Waals surface area contributed by atoms with E-state index < -0.39 is 23.7 Å². The van der Waals surface area contributed by atoms with E-state index in [0.717, 1.165) is 0 Å². The zero-order valence-electron chi connectivity index (χ0n) is 13.4. The van der Waals surface area contributed by atoms with Crippen molar-refractivity contribution in [1.82, 2.24) is 10.3 Å². The van der Waals surface area contributed by atoms with E-state index >= 15 is 0 Å². The van der Waals surface area contributed by atoms with Gasteiger partial charge in [0.05, 0.1) is 29.4 Å². The molecule has 0 unspecified atom stereocenters. The Morgan fingerprint density at radius 2 is 2.05 bits per heavy atom. The second kappa shape index (κ2) is 7.45. The predicted octanol–water partition coefficient (Wildman–Crippen LogP) is 3.50. The molecule has 0 aromatic carbocycles. The lowest BCUT2D eigenvalue weighted by atomic mass is 10.0. The number of rotatable bonds is 4. The maximum absolute atomic E-state index is 11.9. The quantitative estimate of drug-likeness (QED) is 0.856. The maximum atomic E-state index is 11.9. The molecule has 1 atom stereocenters. The zero-order valence-corrected chi connectivity index (χ0v) is 14.2. The van der Waals surface area contributed by atoms with Crippen LogP contribution < -0.4 is 5.32 Å². The van der Waals surface area contributed by atoms with Gasteiger partial charge in [0.2, 0.25) is 0 Å². The number of esters is 1. The van der Waals surface area contributed by atoms with Crippen LogP contribution in [0.25, 0.3) is 0 Å². The predicted molar refractivity (Wildman–Crippen MR) is 83.0 cm³/mol. The average Bonchev–Trinajstić information content (AvgIpc) is 2.42. The Morgan fingerprint density at radius 1 is 1.41 bits per heavy atom. The maximum Gasteiger partial charge on any atom is 0.408 e. The first kappa shape index (κ1) is 18.2. The van der Waals surface area contributed by atoms with Gasteiger partial charge < -0.3 is 14.8 Å². The largest absolute Gasteiger partial charge is 0.465 e. The van der Waals surface area contributed by atoms with Crippen molar-refractivity contribution in [3.63, 3.8) is 0 Å². The van der Waals surface area contributed by atoms with Gasteiger partial charge in [-0.1, -0.05) is 18.5 Å². The van der Waals surface area contributed by atoms with E-state index in [9.17, 15) is 9.59 Å². The molecule has 6 nitrogen and oxygen atoms in total. The average molecular weight is 329 g/mol. The number of methoxy groups -OCH3 is 1. The second-order valence-electron chi connectivity index (χ2n) is 5.68. The monoisotopic (exact) mass is 328 g/mol. The summed E-state index contributed by atoms with van der Waals surface area (Å²) >= 11 is 5.88. The third kappa shape index (κ3) is 5.18. The van der Waals surface area contributed by atoms with Crippen LogP contribution in [0.5, 0.6) is 0 Å². The van der Waals surface area contributed by atoms with Gasteiger partial charge in [-0.25, -0.2) is 9.59 Å². The van der Waals surface area contributed by atoms with Crippen LogP contribution in [-0.2, 0) is 9.47 Å². The van der Waals surface area contributed by atoms with Gasteiger partial charge in [0, 0.05) is 6.20 Å². The molecule has 0 radical (unpaired) electrons. The Hall–Kier alpha value is -1.82. The summed E-state index contributed by atoms with van der Waals surface area (Å²) in [6.45, 7) is 7.18. The second-order valence-corrected chi connectivity index (χ2v) is 6.12.